The van der Waals surface area contributed by atoms with Crippen molar-refractivity contribution in [2.75, 3.05) is 13.2 Å². The number of nitrogens with one attached hydrogen (secondary N) is 1. The fraction of sp³-hybridized carbons (Fsp3) is 0.130. The van der Waals surface area contributed by atoms with Gasteiger partial charge in [0.25, 0.3) is 5.89 Å². The van der Waals surface area contributed by atoms with Crippen LogP contribution in [0.3, 0.4) is 0 Å². The molecular weight excluding hydrogens is 350 g/mol. The molecule has 28 heavy (non-hydrogen) atoms. The van der Waals surface area contributed by atoms with Crippen LogP contribution in [0.2, 0.25) is 0 Å². The van der Waals surface area contributed by atoms with Crippen molar-refractivity contribution in [2.45, 2.75) is 6.54 Å². The van der Waals surface area contributed by atoms with Crippen LogP contribution < -0.4 is 10.1 Å². The van der Waals surface area contributed by atoms with E-state index in [9.17, 15) is 0 Å². The van der Waals surface area contributed by atoms with Gasteiger partial charge in [0.2, 0.25) is 5.82 Å². The highest BCUT2D eigenvalue weighted by atomic mass is 16.5. The number of hydrogen-bond donors (Lipinski definition) is 1. The molecule has 0 aliphatic carbocycles. The summed E-state index contributed by atoms with van der Waals surface area (Å²) >= 11 is 0. The molecule has 4 rings (SSSR count). The lowest BCUT2D eigenvalue weighted by Crippen LogP contribution is -2.20. The van der Waals surface area contributed by atoms with Gasteiger partial charge in [-0.2, -0.15) is 4.98 Å². The van der Waals surface area contributed by atoms with E-state index >= 15 is 0 Å². The van der Waals surface area contributed by atoms with Crippen molar-refractivity contribution >= 4 is 0 Å². The zero-order valence-corrected chi connectivity index (χ0v) is 15.4. The van der Waals surface area contributed by atoms with Crippen molar-refractivity contribution in [1.29, 1.82) is 0 Å². The average molecular weight is 371 g/mol. The van der Waals surface area contributed by atoms with Crippen LogP contribution in [0, 0.1) is 0 Å². The van der Waals surface area contributed by atoms with Gasteiger partial charge in [-0.25, -0.2) is 0 Å². The van der Waals surface area contributed by atoms with E-state index in [1.807, 2.05) is 72.8 Å². The van der Waals surface area contributed by atoms with E-state index in [4.69, 9.17) is 9.26 Å². The predicted octanol–water partition coefficient (Wildman–Crippen LogP) is 4.57. The molecule has 0 bridgehead atoms. The van der Waals surface area contributed by atoms with Gasteiger partial charge in [-0.1, -0.05) is 78.0 Å². The lowest BCUT2D eigenvalue weighted by Gasteiger charge is -2.10. The van der Waals surface area contributed by atoms with Crippen LogP contribution >= 0.6 is 0 Å². The van der Waals surface area contributed by atoms with Crippen LogP contribution in [0.25, 0.3) is 22.8 Å². The van der Waals surface area contributed by atoms with E-state index in [0.717, 1.165) is 30.0 Å². The van der Waals surface area contributed by atoms with Crippen LogP contribution in [0.15, 0.2) is 89.5 Å². The molecule has 0 saturated carbocycles. The molecule has 5 heteroatoms. The predicted molar refractivity (Wildman–Crippen MR) is 109 cm³/mol. The second-order valence-corrected chi connectivity index (χ2v) is 6.30. The van der Waals surface area contributed by atoms with Gasteiger partial charge in [0.1, 0.15) is 12.4 Å². The van der Waals surface area contributed by atoms with Crippen molar-refractivity contribution in [3.8, 4) is 28.6 Å². The minimum Gasteiger partial charge on any atom is -0.491 e. The summed E-state index contributed by atoms with van der Waals surface area (Å²) in [7, 11) is 0. The Balaban J connectivity index is 1.38. The normalized spacial score (nSPS) is 10.7. The first-order valence-corrected chi connectivity index (χ1v) is 9.26. The first-order valence-electron chi connectivity index (χ1n) is 9.26. The van der Waals surface area contributed by atoms with E-state index in [0.29, 0.717) is 18.3 Å². The van der Waals surface area contributed by atoms with Gasteiger partial charge in [0.15, 0.2) is 0 Å². The molecule has 140 valence electrons. The summed E-state index contributed by atoms with van der Waals surface area (Å²) < 4.78 is 11.4. The molecule has 0 fully saturated rings. The minimum absolute atomic E-state index is 0.451. The number of nitrogens with zero attached hydrogens (tertiary/aromatic N) is 2. The Morgan fingerprint density at radius 2 is 1.54 bits per heavy atom. The Morgan fingerprint density at radius 3 is 2.36 bits per heavy atom. The van der Waals surface area contributed by atoms with Gasteiger partial charge in [0.05, 0.1) is 5.56 Å². The monoisotopic (exact) mass is 371 g/mol. The summed E-state index contributed by atoms with van der Waals surface area (Å²) in [6.45, 7) is 2.10. The smallest absolute Gasteiger partial charge is 0.262 e. The maximum atomic E-state index is 5.95. The second kappa shape index (κ2) is 8.97. The Labute approximate surface area is 164 Å². The quantitative estimate of drug-likeness (QED) is 0.460. The van der Waals surface area contributed by atoms with Crippen LogP contribution in [-0.2, 0) is 6.54 Å². The number of ether oxygens (including phenoxy) is 1. The molecule has 0 amide bonds. The Morgan fingerprint density at radius 1 is 0.821 bits per heavy atom. The molecule has 0 radical (unpaired) electrons. The molecule has 0 saturated heterocycles. The van der Waals surface area contributed by atoms with Gasteiger partial charge in [-0.05, 0) is 17.7 Å². The molecule has 0 aliphatic heterocycles. The summed E-state index contributed by atoms with van der Waals surface area (Å²) in [5, 5.41) is 7.47. The molecule has 0 unspecified atom stereocenters. The van der Waals surface area contributed by atoms with Gasteiger partial charge in [0, 0.05) is 18.7 Å². The lowest BCUT2D eigenvalue weighted by molar-refractivity contribution is 0.313. The highest BCUT2D eigenvalue weighted by molar-refractivity contribution is 5.65. The summed E-state index contributed by atoms with van der Waals surface area (Å²) in [5.74, 6) is 1.74. The summed E-state index contributed by atoms with van der Waals surface area (Å²) in [5.41, 5.74) is 2.96. The fourth-order valence-electron chi connectivity index (χ4n) is 2.87. The molecule has 0 spiro atoms. The molecule has 1 heterocycles. The molecule has 1 N–H and O–H groups in total. The van der Waals surface area contributed by atoms with E-state index in [2.05, 4.69) is 27.6 Å². The number of benzene rings is 3. The molecule has 3 aromatic carbocycles. The third kappa shape index (κ3) is 4.45. The Kier molecular flexibility index (Phi) is 5.75. The fourth-order valence-corrected chi connectivity index (χ4v) is 2.87. The van der Waals surface area contributed by atoms with E-state index < -0.39 is 0 Å². The topological polar surface area (TPSA) is 60.2 Å². The Bertz CT molecular complexity index is 1000. The van der Waals surface area contributed by atoms with Crippen molar-refractivity contribution in [1.82, 2.24) is 15.5 Å². The van der Waals surface area contributed by atoms with Gasteiger partial charge in [-0.15, -0.1) is 0 Å². The third-order valence-electron chi connectivity index (χ3n) is 4.28. The van der Waals surface area contributed by atoms with Gasteiger partial charge >= 0.3 is 0 Å². The summed E-state index contributed by atoms with van der Waals surface area (Å²) in [6.07, 6.45) is 0. The maximum absolute atomic E-state index is 5.95. The Hall–Kier alpha value is -3.44. The number of hydrogen-bond acceptors (Lipinski definition) is 5. The highest BCUT2D eigenvalue weighted by Gasteiger charge is 2.14. The second-order valence-electron chi connectivity index (χ2n) is 6.30. The van der Waals surface area contributed by atoms with E-state index in [-0.39, 0.29) is 0 Å². The molecule has 5 nitrogen and oxygen atoms in total. The van der Waals surface area contributed by atoms with Crippen molar-refractivity contribution in [3.63, 3.8) is 0 Å². The lowest BCUT2D eigenvalue weighted by atomic mass is 10.2. The van der Waals surface area contributed by atoms with E-state index in [1.54, 1.807) is 0 Å². The number of aromatic nitrogens is 2. The maximum Gasteiger partial charge on any atom is 0.262 e. The largest absolute Gasteiger partial charge is 0.491 e. The molecule has 0 aliphatic rings. The zero-order chi connectivity index (χ0) is 19.0. The first kappa shape index (κ1) is 17.9. The van der Waals surface area contributed by atoms with Gasteiger partial charge < -0.3 is 14.6 Å². The van der Waals surface area contributed by atoms with Crippen LogP contribution in [-0.4, -0.2) is 23.3 Å². The molecular formula is C23H21N3O2. The first-order chi connectivity index (χ1) is 13.9. The van der Waals surface area contributed by atoms with Crippen LogP contribution in [0.1, 0.15) is 5.56 Å². The van der Waals surface area contributed by atoms with Crippen LogP contribution in [0.4, 0.5) is 0 Å². The number of rotatable bonds is 8. The zero-order valence-electron chi connectivity index (χ0n) is 15.4. The van der Waals surface area contributed by atoms with E-state index in [1.165, 1.54) is 5.56 Å². The summed E-state index contributed by atoms with van der Waals surface area (Å²) in [4.78, 5) is 4.52. The van der Waals surface area contributed by atoms with Gasteiger partial charge in [-0.3, -0.25) is 0 Å². The SMILES string of the molecule is c1ccc(CNCCOc2ccccc2-c2nc(-c3ccccc3)no2)cc1. The molecule has 0 atom stereocenters. The van der Waals surface area contributed by atoms with Crippen molar-refractivity contribution in [2.24, 2.45) is 0 Å². The molecule has 4 aromatic rings. The standard InChI is InChI=1S/C23H21N3O2/c1-3-9-18(10-4-1)17-24-15-16-27-21-14-8-7-13-20(21)23-25-22(26-28-23)19-11-5-2-6-12-19/h1-14,24H,15-17H2. The average Bonchev–Trinajstić information content (AvgIpc) is 3.25. The molecule has 1 aromatic heterocycles. The minimum atomic E-state index is 0.451. The third-order valence-corrected chi connectivity index (χ3v) is 4.28. The number of para-hydroxylation sites is 1. The highest BCUT2D eigenvalue weighted by Crippen LogP contribution is 2.30. The van der Waals surface area contributed by atoms with Crippen molar-refractivity contribution in [3.05, 3.63) is 90.5 Å². The summed E-state index contributed by atoms with van der Waals surface area (Å²) in [6, 6.07) is 27.8. The van der Waals surface area contributed by atoms with Crippen LogP contribution in [0.5, 0.6) is 5.75 Å². The van der Waals surface area contributed by atoms with Crippen molar-refractivity contribution < 1.29 is 9.26 Å².